The third-order valence-electron chi connectivity index (χ3n) is 2.79. The van der Waals surface area contributed by atoms with Crippen molar-refractivity contribution in [1.29, 1.82) is 0 Å². The Morgan fingerprint density at radius 3 is 2.74 bits per heavy atom. The number of rotatable bonds is 4. The fraction of sp³-hybridized carbons (Fsp3) is 0.308. The zero-order chi connectivity index (χ0) is 14.0. The van der Waals surface area contributed by atoms with Crippen LogP contribution in [0.2, 0.25) is 0 Å². The summed E-state index contributed by atoms with van der Waals surface area (Å²) in [4.78, 5) is 10.6. The van der Waals surface area contributed by atoms with E-state index in [0.717, 1.165) is 5.56 Å². The number of hydrogen-bond donors (Lipinski definition) is 1. The summed E-state index contributed by atoms with van der Waals surface area (Å²) < 4.78 is 4.99. The van der Waals surface area contributed by atoms with Crippen LogP contribution in [-0.2, 0) is 6.42 Å². The summed E-state index contributed by atoms with van der Waals surface area (Å²) in [5, 5.41) is 14.9. The third-order valence-corrected chi connectivity index (χ3v) is 2.79. The number of benzene rings is 1. The monoisotopic (exact) mass is 261 g/mol. The van der Waals surface area contributed by atoms with Gasteiger partial charge in [-0.25, -0.2) is 0 Å². The van der Waals surface area contributed by atoms with Crippen molar-refractivity contribution in [2.75, 3.05) is 5.73 Å². The van der Waals surface area contributed by atoms with Gasteiger partial charge in [0.15, 0.2) is 0 Å². The van der Waals surface area contributed by atoms with Gasteiger partial charge in [0, 0.05) is 11.6 Å². The first-order valence-electron chi connectivity index (χ1n) is 5.98. The van der Waals surface area contributed by atoms with Gasteiger partial charge in [-0.05, 0) is 18.4 Å². The lowest BCUT2D eigenvalue weighted by molar-refractivity contribution is -0.384. The first-order chi connectivity index (χ1) is 9.00. The highest BCUT2D eigenvalue weighted by Gasteiger charge is 2.23. The number of nitrogen functional groups attached to an aromatic ring is 1. The fourth-order valence-corrected chi connectivity index (χ4v) is 1.97. The molecule has 2 aromatic rings. The highest BCUT2D eigenvalue weighted by molar-refractivity contribution is 5.75. The maximum atomic E-state index is 11.1. The van der Waals surface area contributed by atoms with Crippen molar-refractivity contribution in [3.05, 3.63) is 39.9 Å². The number of hydrogen-bond acceptors (Lipinski definition) is 5. The Morgan fingerprint density at radius 1 is 1.42 bits per heavy atom. The van der Waals surface area contributed by atoms with E-state index in [-0.39, 0.29) is 11.6 Å². The van der Waals surface area contributed by atoms with Gasteiger partial charge >= 0.3 is 0 Å². The van der Waals surface area contributed by atoms with Crippen LogP contribution in [0.15, 0.2) is 28.8 Å². The maximum Gasteiger partial charge on any atom is 0.278 e. The van der Waals surface area contributed by atoms with Crippen LogP contribution < -0.4 is 5.73 Å². The van der Waals surface area contributed by atoms with E-state index in [1.165, 1.54) is 6.07 Å². The summed E-state index contributed by atoms with van der Waals surface area (Å²) in [6.07, 6.45) is 0.663. The lowest BCUT2D eigenvalue weighted by Crippen LogP contribution is -2.00. The number of para-hydroxylation sites is 1. The molecule has 0 atom stereocenters. The van der Waals surface area contributed by atoms with Crippen molar-refractivity contribution in [3.8, 4) is 11.3 Å². The molecule has 0 saturated heterocycles. The molecule has 0 aliphatic carbocycles. The molecule has 19 heavy (non-hydrogen) atoms. The van der Waals surface area contributed by atoms with Gasteiger partial charge in [-0.1, -0.05) is 31.1 Å². The predicted molar refractivity (Wildman–Crippen MR) is 71.5 cm³/mol. The maximum absolute atomic E-state index is 11.1. The normalized spacial score (nSPS) is 10.9. The molecular formula is C13H15N3O3. The molecule has 0 unspecified atom stereocenters. The number of nitro benzene ring substituents is 1. The molecule has 2 rings (SSSR count). The van der Waals surface area contributed by atoms with E-state index in [9.17, 15) is 10.1 Å². The minimum Gasteiger partial charge on any atom is -0.367 e. The first kappa shape index (κ1) is 13.1. The van der Waals surface area contributed by atoms with Crippen molar-refractivity contribution in [2.24, 2.45) is 5.92 Å². The van der Waals surface area contributed by atoms with E-state index in [1.807, 2.05) is 13.8 Å². The number of nitro groups is 1. The Balaban J connectivity index is 2.56. The van der Waals surface area contributed by atoms with Gasteiger partial charge < -0.3 is 10.3 Å². The standard InChI is InChI=1S/C13H15N3O3/c1-8(2)7-10-12(15-19-13(10)14)9-5-3-4-6-11(9)16(17)18/h3-6,8H,7,14H2,1-2H3. The molecule has 1 aromatic heterocycles. The molecule has 0 spiro atoms. The summed E-state index contributed by atoms with van der Waals surface area (Å²) in [6.45, 7) is 4.07. The van der Waals surface area contributed by atoms with Gasteiger partial charge in [0.2, 0.25) is 5.88 Å². The molecule has 1 aromatic carbocycles. The molecule has 0 bridgehead atoms. The molecule has 0 amide bonds. The second-order valence-corrected chi connectivity index (χ2v) is 4.75. The van der Waals surface area contributed by atoms with E-state index in [4.69, 9.17) is 10.3 Å². The molecule has 0 aliphatic rings. The van der Waals surface area contributed by atoms with Crippen LogP contribution in [0.4, 0.5) is 11.6 Å². The molecule has 0 radical (unpaired) electrons. The van der Waals surface area contributed by atoms with Crippen LogP contribution in [0.25, 0.3) is 11.3 Å². The Hall–Kier alpha value is -2.37. The van der Waals surface area contributed by atoms with Gasteiger partial charge in [-0.2, -0.15) is 0 Å². The molecule has 0 fully saturated rings. The topological polar surface area (TPSA) is 95.2 Å². The minimum absolute atomic E-state index is 0.000746. The molecular weight excluding hydrogens is 246 g/mol. The van der Waals surface area contributed by atoms with Crippen molar-refractivity contribution >= 4 is 11.6 Å². The summed E-state index contributed by atoms with van der Waals surface area (Å²) in [7, 11) is 0. The molecule has 2 N–H and O–H groups in total. The van der Waals surface area contributed by atoms with Crippen LogP contribution in [0.1, 0.15) is 19.4 Å². The van der Waals surface area contributed by atoms with Crippen molar-refractivity contribution in [3.63, 3.8) is 0 Å². The van der Waals surface area contributed by atoms with Crippen LogP contribution in [0, 0.1) is 16.0 Å². The molecule has 0 saturated carbocycles. The quantitative estimate of drug-likeness (QED) is 0.674. The molecule has 1 heterocycles. The number of anilines is 1. The third kappa shape index (κ3) is 2.57. The number of nitrogens with two attached hydrogens (primary N) is 1. The van der Waals surface area contributed by atoms with Crippen LogP contribution in [-0.4, -0.2) is 10.1 Å². The van der Waals surface area contributed by atoms with E-state index >= 15 is 0 Å². The summed E-state index contributed by atoms with van der Waals surface area (Å²) in [6, 6.07) is 6.44. The highest BCUT2D eigenvalue weighted by Crippen LogP contribution is 2.34. The lowest BCUT2D eigenvalue weighted by Gasteiger charge is -2.05. The van der Waals surface area contributed by atoms with E-state index in [2.05, 4.69) is 5.16 Å². The molecule has 6 nitrogen and oxygen atoms in total. The van der Waals surface area contributed by atoms with Crippen molar-refractivity contribution < 1.29 is 9.45 Å². The Labute approximate surface area is 110 Å². The van der Waals surface area contributed by atoms with Crippen molar-refractivity contribution in [1.82, 2.24) is 5.16 Å². The Bertz CT molecular complexity index is 605. The summed E-state index contributed by atoms with van der Waals surface area (Å²) in [5.74, 6) is 0.574. The SMILES string of the molecule is CC(C)Cc1c(-c2ccccc2[N+](=O)[O-])noc1N. The second-order valence-electron chi connectivity index (χ2n) is 4.75. The van der Waals surface area contributed by atoms with Crippen LogP contribution in [0.5, 0.6) is 0 Å². The van der Waals surface area contributed by atoms with Gasteiger partial charge in [0.25, 0.3) is 5.69 Å². The molecule has 0 aliphatic heterocycles. The minimum atomic E-state index is -0.431. The van der Waals surface area contributed by atoms with E-state index < -0.39 is 4.92 Å². The molecule has 100 valence electrons. The lowest BCUT2D eigenvalue weighted by atomic mass is 9.98. The largest absolute Gasteiger partial charge is 0.367 e. The average molecular weight is 261 g/mol. The zero-order valence-electron chi connectivity index (χ0n) is 10.8. The summed E-state index contributed by atoms with van der Waals surface area (Å²) in [5.41, 5.74) is 7.37. The van der Waals surface area contributed by atoms with E-state index in [1.54, 1.807) is 18.2 Å². The zero-order valence-corrected chi connectivity index (χ0v) is 10.8. The smallest absolute Gasteiger partial charge is 0.278 e. The van der Waals surface area contributed by atoms with Gasteiger partial charge in [-0.15, -0.1) is 0 Å². The summed E-state index contributed by atoms with van der Waals surface area (Å²) >= 11 is 0. The Morgan fingerprint density at radius 2 is 2.11 bits per heavy atom. The fourth-order valence-electron chi connectivity index (χ4n) is 1.97. The van der Waals surface area contributed by atoms with Gasteiger partial charge in [0.1, 0.15) is 5.69 Å². The van der Waals surface area contributed by atoms with Gasteiger partial charge in [0.05, 0.1) is 10.5 Å². The first-order valence-corrected chi connectivity index (χ1v) is 5.98. The number of aromatic nitrogens is 1. The van der Waals surface area contributed by atoms with Crippen molar-refractivity contribution in [2.45, 2.75) is 20.3 Å². The average Bonchev–Trinajstić information content (AvgIpc) is 2.70. The molecule has 6 heteroatoms. The number of nitrogens with zero attached hydrogens (tertiary/aromatic N) is 2. The second kappa shape index (κ2) is 5.09. The van der Waals surface area contributed by atoms with Crippen LogP contribution in [0.3, 0.4) is 0 Å². The van der Waals surface area contributed by atoms with E-state index in [0.29, 0.717) is 23.6 Å². The Kier molecular flexibility index (Phi) is 3.50. The van der Waals surface area contributed by atoms with Gasteiger partial charge in [-0.3, -0.25) is 10.1 Å². The van der Waals surface area contributed by atoms with Crippen LogP contribution >= 0.6 is 0 Å². The highest BCUT2D eigenvalue weighted by atomic mass is 16.6. The predicted octanol–water partition coefficient (Wildman–Crippen LogP) is 3.03.